The minimum Gasteiger partial charge on any atom is -0.409 e. The van der Waals surface area contributed by atoms with Crippen LogP contribution >= 0.6 is 27.3 Å². The van der Waals surface area contributed by atoms with Crippen LogP contribution in [0.4, 0.5) is 5.69 Å². The fourth-order valence-electron chi connectivity index (χ4n) is 1.49. The van der Waals surface area contributed by atoms with Crippen LogP contribution in [-0.2, 0) is 0 Å². The van der Waals surface area contributed by atoms with Gasteiger partial charge in [-0.3, -0.25) is 4.79 Å². The van der Waals surface area contributed by atoms with Crippen molar-refractivity contribution in [2.75, 3.05) is 5.32 Å². The van der Waals surface area contributed by atoms with Crippen molar-refractivity contribution in [3.63, 3.8) is 0 Å². The Hall–Kier alpha value is -1.86. The Labute approximate surface area is 121 Å². The highest BCUT2D eigenvalue weighted by molar-refractivity contribution is 9.10. The maximum absolute atomic E-state index is 12.0. The zero-order chi connectivity index (χ0) is 13.8. The molecule has 2 aromatic rings. The van der Waals surface area contributed by atoms with E-state index in [-0.39, 0.29) is 11.7 Å². The Bertz CT molecular complexity index is 626. The first kappa shape index (κ1) is 13.6. The van der Waals surface area contributed by atoms with E-state index in [4.69, 9.17) is 10.9 Å². The number of carbonyl (C=O) groups is 1. The summed E-state index contributed by atoms with van der Waals surface area (Å²) in [7, 11) is 0. The maximum Gasteiger partial charge on any atom is 0.256 e. The van der Waals surface area contributed by atoms with E-state index in [1.54, 1.807) is 29.6 Å². The van der Waals surface area contributed by atoms with E-state index in [9.17, 15) is 4.79 Å². The third-order valence-corrected chi connectivity index (χ3v) is 3.57. The number of hydrogen-bond donors (Lipinski definition) is 3. The Balaban J connectivity index is 2.33. The fourth-order valence-corrected chi connectivity index (χ4v) is 2.48. The summed E-state index contributed by atoms with van der Waals surface area (Å²) in [4.78, 5) is 12.0. The number of hydrogen-bond acceptors (Lipinski definition) is 4. The molecule has 1 aromatic carbocycles. The van der Waals surface area contributed by atoms with E-state index in [2.05, 4.69) is 26.4 Å². The zero-order valence-electron chi connectivity index (χ0n) is 9.63. The van der Waals surface area contributed by atoms with Gasteiger partial charge in [-0.15, -0.1) is 0 Å². The smallest absolute Gasteiger partial charge is 0.256 e. The number of halogens is 1. The number of thiophene rings is 1. The molecule has 7 heteroatoms. The molecule has 1 amide bonds. The maximum atomic E-state index is 12.0. The Morgan fingerprint density at radius 3 is 2.84 bits per heavy atom. The molecule has 5 nitrogen and oxygen atoms in total. The number of benzene rings is 1. The molecule has 0 aliphatic rings. The van der Waals surface area contributed by atoms with Gasteiger partial charge in [0.15, 0.2) is 5.84 Å². The summed E-state index contributed by atoms with van der Waals surface area (Å²) < 4.78 is 0.780. The minimum absolute atomic E-state index is 0.0619. The van der Waals surface area contributed by atoms with Crippen LogP contribution in [0.2, 0.25) is 0 Å². The van der Waals surface area contributed by atoms with Crippen molar-refractivity contribution in [1.29, 1.82) is 0 Å². The number of rotatable bonds is 3. The molecule has 1 heterocycles. The molecule has 0 fully saturated rings. The van der Waals surface area contributed by atoms with Gasteiger partial charge in [0.25, 0.3) is 5.91 Å². The van der Waals surface area contributed by atoms with Gasteiger partial charge in [-0.05, 0) is 29.6 Å². The van der Waals surface area contributed by atoms with Crippen LogP contribution < -0.4 is 11.1 Å². The normalized spacial score (nSPS) is 11.3. The number of nitrogens with one attached hydrogen (secondary N) is 1. The average molecular weight is 340 g/mol. The molecule has 0 spiro atoms. The lowest BCUT2D eigenvalue weighted by molar-refractivity contribution is 0.102. The lowest BCUT2D eigenvalue weighted by Gasteiger charge is -2.10. The molecule has 0 bridgehead atoms. The van der Waals surface area contributed by atoms with Crippen molar-refractivity contribution < 1.29 is 10.0 Å². The van der Waals surface area contributed by atoms with Gasteiger partial charge in [-0.1, -0.05) is 21.1 Å². The van der Waals surface area contributed by atoms with Crippen LogP contribution in [0.25, 0.3) is 0 Å². The van der Waals surface area contributed by atoms with Crippen molar-refractivity contribution in [2.24, 2.45) is 10.9 Å². The number of amides is 1. The molecule has 98 valence electrons. The Morgan fingerprint density at radius 1 is 1.42 bits per heavy atom. The molecule has 0 saturated carbocycles. The standard InChI is InChI=1S/C12H10BrN3O2S/c13-8-1-2-9(11(14)16-18)10(5-8)15-12(17)7-3-4-19-6-7/h1-6,18H,(H2,14,16)(H,15,17). The summed E-state index contributed by atoms with van der Waals surface area (Å²) in [5.41, 5.74) is 7.07. The number of oxime groups is 1. The molecule has 19 heavy (non-hydrogen) atoms. The summed E-state index contributed by atoms with van der Waals surface area (Å²) in [6.45, 7) is 0. The quantitative estimate of drug-likeness (QED) is 0.347. The van der Waals surface area contributed by atoms with Gasteiger partial charge in [0, 0.05) is 15.4 Å². The molecule has 0 saturated heterocycles. The molecule has 1 aromatic heterocycles. The third kappa shape index (κ3) is 3.12. The fraction of sp³-hybridized carbons (Fsp3) is 0. The van der Waals surface area contributed by atoms with Gasteiger partial charge >= 0.3 is 0 Å². The predicted molar refractivity (Wildman–Crippen MR) is 78.9 cm³/mol. The van der Waals surface area contributed by atoms with E-state index in [1.165, 1.54) is 11.3 Å². The van der Waals surface area contributed by atoms with Gasteiger partial charge in [-0.2, -0.15) is 11.3 Å². The van der Waals surface area contributed by atoms with E-state index >= 15 is 0 Å². The van der Waals surface area contributed by atoms with Crippen LogP contribution in [0.15, 0.2) is 44.7 Å². The first-order chi connectivity index (χ1) is 9.11. The predicted octanol–water partition coefficient (Wildman–Crippen LogP) is 2.86. The van der Waals surface area contributed by atoms with Crippen molar-refractivity contribution in [2.45, 2.75) is 0 Å². The summed E-state index contributed by atoms with van der Waals surface area (Å²) in [6.07, 6.45) is 0. The molecule has 2 rings (SSSR count). The summed E-state index contributed by atoms with van der Waals surface area (Å²) in [5, 5.41) is 18.0. The van der Waals surface area contributed by atoms with E-state index in [1.807, 2.05) is 5.38 Å². The second kappa shape index (κ2) is 5.85. The van der Waals surface area contributed by atoms with Crippen molar-refractivity contribution in [3.05, 3.63) is 50.6 Å². The minimum atomic E-state index is -0.244. The lowest BCUT2D eigenvalue weighted by Crippen LogP contribution is -2.19. The second-order valence-corrected chi connectivity index (χ2v) is 5.34. The highest BCUT2D eigenvalue weighted by atomic mass is 79.9. The molecule has 0 unspecified atom stereocenters. The van der Waals surface area contributed by atoms with E-state index in [0.29, 0.717) is 16.8 Å². The van der Waals surface area contributed by atoms with E-state index in [0.717, 1.165) is 4.47 Å². The van der Waals surface area contributed by atoms with Crippen LogP contribution in [0.5, 0.6) is 0 Å². The highest BCUT2D eigenvalue weighted by Gasteiger charge is 2.12. The summed E-state index contributed by atoms with van der Waals surface area (Å²) in [5.74, 6) is -0.306. The first-order valence-corrected chi connectivity index (χ1v) is 6.96. The Kier molecular flexibility index (Phi) is 4.18. The second-order valence-electron chi connectivity index (χ2n) is 3.64. The van der Waals surface area contributed by atoms with Crippen LogP contribution in [-0.4, -0.2) is 17.0 Å². The average Bonchev–Trinajstić information content (AvgIpc) is 2.92. The molecule has 4 N–H and O–H groups in total. The van der Waals surface area contributed by atoms with Crippen LogP contribution in [0.1, 0.15) is 15.9 Å². The van der Waals surface area contributed by atoms with Crippen molar-refractivity contribution in [3.8, 4) is 0 Å². The number of nitrogens with zero attached hydrogens (tertiary/aromatic N) is 1. The molecule has 0 aliphatic heterocycles. The van der Waals surface area contributed by atoms with Gasteiger partial charge in [0.1, 0.15) is 0 Å². The third-order valence-electron chi connectivity index (χ3n) is 2.40. The summed E-state index contributed by atoms with van der Waals surface area (Å²) >= 11 is 4.75. The van der Waals surface area contributed by atoms with Crippen molar-refractivity contribution >= 4 is 44.7 Å². The Morgan fingerprint density at radius 2 is 2.21 bits per heavy atom. The van der Waals surface area contributed by atoms with Crippen LogP contribution in [0.3, 0.4) is 0 Å². The topological polar surface area (TPSA) is 87.7 Å². The largest absolute Gasteiger partial charge is 0.409 e. The lowest BCUT2D eigenvalue weighted by atomic mass is 10.1. The van der Waals surface area contributed by atoms with E-state index < -0.39 is 0 Å². The molecule has 0 radical (unpaired) electrons. The van der Waals surface area contributed by atoms with Gasteiger partial charge in [0.2, 0.25) is 0 Å². The molecule has 0 atom stereocenters. The van der Waals surface area contributed by atoms with Crippen LogP contribution in [0, 0.1) is 0 Å². The summed E-state index contributed by atoms with van der Waals surface area (Å²) in [6, 6.07) is 6.81. The first-order valence-electron chi connectivity index (χ1n) is 5.23. The molecule has 0 aliphatic carbocycles. The SMILES string of the molecule is N/C(=N/O)c1ccc(Br)cc1NC(=O)c1ccsc1. The monoisotopic (exact) mass is 339 g/mol. The van der Waals surface area contributed by atoms with Gasteiger partial charge < -0.3 is 16.3 Å². The number of anilines is 1. The van der Waals surface area contributed by atoms with Gasteiger partial charge in [0.05, 0.1) is 11.3 Å². The van der Waals surface area contributed by atoms with Gasteiger partial charge in [-0.25, -0.2) is 0 Å². The number of nitrogens with two attached hydrogens (primary N) is 1. The number of amidine groups is 1. The zero-order valence-corrected chi connectivity index (χ0v) is 12.0. The van der Waals surface area contributed by atoms with Crippen molar-refractivity contribution in [1.82, 2.24) is 0 Å². The highest BCUT2D eigenvalue weighted by Crippen LogP contribution is 2.22. The molecular formula is C12H10BrN3O2S. The number of carbonyl (C=O) groups excluding carboxylic acids is 1. The molecular weight excluding hydrogens is 330 g/mol.